The molecular formula is C16H21NO3. The maximum atomic E-state index is 11.3. The number of hydrogen-bond donors (Lipinski definition) is 0. The number of carbonyl (C=O) groups is 1. The van der Waals surface area contributed by atoms with E-state index in [0.29, 0.717) is 18.9 Å². The molecule has 1 unspecified atom stereocenters. The minimum absolute atomic E-state index is 0.0716. The second-order valence-corrected chi connectivity index (χ2v) is 5.69. The zero-order chi connectivity index (χ0) is 14.6. The van der Waals surface area contributed by atoms with Crippen LogP contribution in [0.25, 0.3) is 0 Å². The molecule has 1 aliphatic heterocycles. The molecular weight excluding hydrogens is 254 g/mol. The van der Waals surface area contributed by atoms with Gasteiger partial charge in [0.1, 0.15) is 6.61 Å². The summed E-state index contributed by atoms with van der Waals surface area (Å²) in [7, 11) is 1.42. The lowest BCUT2D eigenvalue weighted by molar-refractivity contribution is -0.141. The molecule has 20 heavy (non-hydrogen) atoms. The quantitative estimate of drug-likeness (QED) is 0.776. The fourth-order valence-electron chi connectivity index (χ4n) is 2.21. The molecule has 0 spiro atoms. The van der Waals surface area contributed by atoms with Crippen LogP contribution in [0.1, 0.15) is 32.3 Å². The summed E-state index contributed by atoms with van der Waals surface area (Å²) in [5.41, 5.74) is 0.906. The third-order valence-corrected chi connectivity index (χ3v) is 3.77. The molecule has 1 aliphatic rings. The number of benzene rings is 1. The van der Waals surface area contributed by atoms with Crippen LogP contribution in [0.4, 0.5) is 0 Å². The van der Waals surface area contributed by atoms with Gasteiger partial charge in [-0.25, -0.2) is 4.99 Å². The van der Waals surface area contributed by atoms with E-state index in [1.165, 1.54) is 7.11 Å². The van der Waals surface area contributed by atoms with Crippen molar-refractivity contribution in [3.05, 3.63) is 35.9 Å². The van der Waals surface area contributed by atoms with Crippen LogP contribution >= 0.6 is 0 Å². The first-order valence-electron chi connectivity index (χ1n) is 6.86. The lowest BCUT2D eigenvalue weighted by atomic mass is 9.81. The maximum Gasteiger partial charge on any atom is 0.305 e. The topological polar surface area (TPSA) is 47.9 Å². The Labute approximate surface area is 119 Å². The smallest absolute Gasteiger partial charge is 0.305 e. The summed E-state index contributed by atoms with van der Waals surface area (Å²) in [4.78, 5) is 15.9. The molecule has 0 amide bonds. The van der Waals surface area contributed by atoms with Crippen molar-refractivity contribution in [2.45, 2.75) is 32.7 Å². The Kier molecular flexibility index (Phi) is 4.42. The van der Waals surface area contributed by atoms with Crippen molar-refractivity contribution in [3.8, 4) is 0 Å². The Bertz CT molecular complexity index is 494. The van der Waals surface area contributed by atoms with E-state index >= 15 is 0 Å². The van der Waals surface area contributed by atoms with Gasteiger partial charge in [-0.3, -0.25) is 4.79 Å². The summed E-state index contributed by atoms with van der Waals surface area (Å²) in [6.07, 6.45) is 1.15. The van der Waals surface area contributed by atoms with Crippen LogP contribution in [0, 0.1) is 5.41 Å². The number of ether oxygens (including phenoxy) is 2. The standard InChI is InChI=1S/C16H21NO3/c1-16(2,10-9-14(18)19-3)13-11-20-15(17-13)12-7-5-4-6-8-12/h4-8,13H,9-11H2,1-3H3. The summed E-state index contributed by atoms with van der Waals surface area (Å²) in [5, 5.41) is 0. The third-order valence-electron chi connectivity index (χ3n) is 3.77. The van der Waals surface area contributed by atoms with Crippen molar-refractivity contribution in [2.24, 2.45) is 10.4 Å². The van der Waals surface area contributed by atoms with Crippen LogP contribution in [-0.4, -0.2) is 31.6 Å². The molecule has 0 saturated heterocycles. The highest BCUT2D eigenvalue weighted by atomic mass is 16.5. The van der Waals surface area contributed by atoms with E-state index in [-0.39, 0.29) is 17.4 Å². The van der Waals surface area contributed by atoms with Gasteiger partial charge in [0, 0.05) is 12.0 Å². The predicted molar refractivity (Wildman–Crippen MR) is 77.8 cm³/mol. The van der Waals surface area contributed by atoms with Gasteiger partial charge in [0.2, 0.25) is 5.90 Å². The Morgan fingerprint density at radius 2 is 2.10 bits per heavy atom. The number of nitrogens with zero attached hydrogens (tertiary/aromatic N) is 1. The van der Waals surface area contributed by atoms with Crippen molar-refractivity contribution in [3.63, 3.8) is 0 Å². The lowest BCUT2D eigenvalue weighted by Gasteiger charge is -2.27. The molecule has 2 rings (SSSR count). The van der Waals surface area contributed by atoms with E-state index < -0.39 is 0 Å². The second kappa shape index (κ2) is 6.07. The van der Waals surface area contributed by atoms with Gasteiger partial charge in [0.25, 0.3) is 0 Å². The van der Waals surface area contributed by atoms with Gasteiger partial charge in [-0.05, 0) is 24.0 Å². The maximum absolute atomic E-state index is 11.3. The molecule has 4 heteroatoms. The van der Waals surface area contributed by atoms with E-state index in [1.807, 2.05) is 30.3 Å². The van der Waals surface area contributed by atoms with Gasteiger partial charge < -0.3 is 9.47 Å². The van der Waals surface area contributed by atoms with Crippen LogP contribution in [0.5, 0.6) is 0 Å². The average Bonchev–Trinajstić information content (AvgIpc) is 2.96. The first-order chi connectivity index (χ1) is 9.53. The summed E-state index contributed by atoms with van der Waals surface area (Å²) >= 11 is 0. The number of carbonyl (C=O) groups excluding carboxylic acids is 1. The van der Waals surface area contributed by atoms with Crippen LogP contribution in [0.3, 0.4) is 0 Å². The minimum atomic E-state index is -0.177. The van der Waals surface area contributed by atoms with Crippen LogP contribution in [-0.2, 0) is 14.3 Å². The molecule has 1 aromatic rings. The highest BCUT2D eigenvalue weighted by molar-refractivity contribution is 5.95. The molecule has 0 aliphatic carbocycles. The van der Waals surface area contributed by atoms with Gasteiger partial charge >= 0.3 is 5.97 Å². The van der Waals surface area contributed by atoms with Gasteiger partial charge in [0.05, 0.1) is 13.2 Å². The highest BCUT2D eigenvalue weighted by Crippen LogP contribution is 2.32. The first kappa shape index (κ1) is 14.6. The molecule has 1 aromatic carbocycles. The SMILES string of the molecule is COC(=O)CCC(C)(C)C1COC(c2ccccc2)=N1. The molecule has 0 N–H and O–H groups in total. The van der Waals surface area contributed by atoms with Gasteiger partial charge in [-0.2, -0.15) is 0 Å². The summed E-state index contributed by atoms with van der Waals surface area (Å²) in [5.74, 6) is 0.519. The summed E-state index contributed by atoms with van der Waals surface area (Å²) < 4.78 is 10.4. The Balaban J connectivity index is 2.03. The predicted octanol–water partition coefficient (Wildman–Crippen LogP) is 2.81. The monoisotopic (exact) mass is 275 g/mol. The molecule has 1 heterocycles. The number of methoxy groups -OCH3 is 1. The van der Waals surface area contributed by atoms with Gasteiger partial charge in [-0.15, -0.1) is 0 Å². The van der Waals surface area contributed by atoms with E-state index in [0.717, 1.165) is 12.0 Å². The molecule has 0 saturated carbocycles. The number of esters is 1. The van der Waals surface area contributed by atoms with Crippen LogP contribution in [0.15, 0.2) is 35.3 Å². The molecule has 108 valence electrons. The van der Waals surface area contributed by atoms with Crippen molar-refractivity contribution in [1.82, 2.24) is 0 Å². The fraction of sp³-hybridized carbons (Fsp3) is 0.500. The average molecular weight is 275 g/mol. The number of hydrogen-bond acceptors (Lipinski definition) is 4. The van der Waals surface area contributed by atoms with Crippen molar-refractivity contribution >= 4 is 11.9 Å². The van der Waals surface area contributed by atoms with E-state index in [1.54, 1.807) is 0 Å². The first-order valence-corrected chi connectivity index (χ1v) is 6.86. The minimum Gasteiger partial charge on any atom is -0.475 e. The van der Waals surface area contributed by atoms with Gasteiger partial charge in [0.15, 0.2) is 0 Å². The van der Waals surface area contributed by atoms with E-state index in [9.17, 15) is 4.79 Å². The zero-order valence-electron chi connectivity index (χ0n) is 12.3. The second-order valence-electron chi connectivity index (χ2n) is 5.69. The van der Waals surface area contributed by atoms with Crippen LogP contribution in [0.2, 0.25) is 0 Å². The normalized spacial score (nSPS) is 18.4. The van der Waals surface area contributed by atoms with Crippen molar-refractivity contribution < 1.29 is 14.3 Å². The molecule has 4 nitrogen and oxygen atoms in total. The summed E-state index contributed by atoms with van der Waals surface area (Å²) in [6, 6.07) is 9.96. The van der Waals surface area contributed by atoms with E-state index in [4.69, 9.17) is 9.47 Å². The summed E-state index contributed by atoms with van der Waals surface area (Å²) in [6.45, 7) is 4.79. The Morgan fingerprint density at radius 3 is 2.75 bits per heavy atom. The Hall–Kier alpha value is -1.84. The van der Waals surface area contributed by atoms with Crippen molar-refractivity contribution in [2.75, 3.05) is 13.7 Å². The molecule has 0 fully saturated rings. The molecule has 0 radical (unpaired) electrons. The zero-order valence-corrected chi connectivity index (χ0v) is 12.3. The third kappa shape index (κ3) is 3.38. The lowest BCUT2D eigenvalue weighted by Crippen LogP contribution is -2.29. The number of rotatable bonds is 5. The van der Waals surface area contributed by atoms with Crippen LogP contribution < -0.4 is 0 Å². The molecule has 0 bridgehead atoms. The largest absolute Gasteiger partial charge is 0.475 e. The molecule has 0 aromatic heterocycles. The Morgan fingerprint density at radius 1 is 1.40 bits per heavy atom. The van der Waals surface area contributed by atoms with Gasteiger partial charge in [-0.1, -0.05) is 32.0 Å². The highest BCUT2D eigenvalue weighted by Gasteiger charge is 2.34. The fourth-order valence-corrected chi connectivity index (χ4v) is 2.21. The molecule has 1 atom stereocenters. The van der Waals surface area contributed by atoms with Crippen molar-refractivity contribution in [1.29, 1.82) is 0 Å². The van der Waals surface area contributed by atoms with E-state index in [2.05, 4.69) is 18.8 Å². The number of aliphatic imine (C=N–C) groups is 1.